The molecule has 1 rings (SSSR count). The molecule has 0 unspecified atom stereocenters. The van der Waals surface area contributed by atoms with Crippen LogP contribution in [-0.4, -0.2) is 31.9 Å². The number of aryl methyl sites for hydroxylation is 1. The summed E-state index contributed by atoms with van der Waals surface area (Å²) in [4.78, 5) is 11.9. The zero-order chi connectivity index (χ0) is 16.3. The van der Waals surface area contributed by atoms with Gasteiger partial charge in [-0.2, -0.15) is 0 Å². The highest BCUT2D eigenvalue weighted by Gasteiger charge is 2.22. The van der Waals surface area contributed by atoms with Crippen molar-refractivity contribution in [1.29, 1.82) is 0 Å². The molecule has 0 saturated carbocycles. The van der Waals surface area contributed by atoms with Gasteiger partial charge >= 0.3 is 6.09 Å². The Morgan fingerprint density at radius 2 is 1.76 bits per heavy atom. The molecule has 1 N–H and O–H groups in total. The number of benzene rings is 1. The van der Waals surface area contributed by atoms with E-state index in [9.17, 15) is 13.2 Å². The number of sulfone groups is 1. The molecular weight excluding hydrogens is 290 g/mol. The SMILES string of the molecule is Cc1ccc(S(=O)(=O)C[C@H](C)NC(=O)OC(C)(C)C)cc1. The van der Waals surface area contributed by atoms with Crippen molar-refractivity contribution in [3.63, 3.8) is 0 Å². The Hall–Kier alpha value is -1.56. The quantitative estimate of drug-likeness (QED) is 0.927. The van der Waals surface area contributed by atoms with Crippen LogP contribution in [0.25, 0.3) is 0 Å². The summed E-state index contributed by atoms with van der Waals surface area (Å²) in [5, 5.41) is 2.53. The normalized spacial score (nSPS) is 13.6. The molecule has 21 heavy (non-hydrogen) atoms. The molecule has 0 aliphatic heterocycles. The van der Waals surface area contributed by atoms with Gasteiger partial charge in [0.25, 0.3) is 0 Å². The number of nitrogens with one attached hydrogen (secondary N) is 1. The van der Waals surface area contributed by atoms with Crippen molar-refractivity contribution < 1.29 is 17.9 Å². The highest BCUT2D eigenvalue weighted by Crippen LogP contribution is 2.13. The molecule has 1 amide bonds. The second-order valence-corrected chi connectivity index (χ2v) is 8.18. The van der Waals surface area contributed by atoms with E-state index >= 15 is 0 Å². The van der Waals surface area contributed by atoms with Crippen LogP contribution in [0.4, 0.5) is 4.79 Å². The fourth-order valence-electron chi connectivity index (χ4n) is 1.72. The van der Waals surface area contributed by atoms with Crippen LogP contribution < -0.4 is 5.32 Å². The Morgan fingerprint density at radius 1 is 1.24 bits per heavy atom. The van der Waals surface area contributed by atoms with E-state index in [-0.39, 0.29) is 10.6 Å². The van der Waals surface area contributed by atoms with Crippen molar-refractivity contribution >= 4 is 15.9 Å². The molecule has 0 aliphatic rings. The number of ether oxygens (including phenoxy) is 1. The number of hydrogen-bond acceptors (Lipinski definition) is 4. The largest absolute Gasteiger partial charge is 0.444 e. The standard InChI is InChI=1S/C15H23NO4S/c1-11-6-8-13(9-7-11)21(18,19)10-12(2)16-14(17)20-15(3,4)5/h6-9,12H,10H2,1-5H3,(H,16,17)/t12-/m0/s1. The smallest absolute Gasteiger partial charge is 0.407 e. The molecule has 0 spiro atoms. The van der Waals surface area contributed by atoms with E-state index in [4.69, 9.17) is 4.74 Å². The predicted molar refractivity (Wildman–Crippen MR) is 82.1 cm³/mol. The lowest BCUT2D eigenvalue weighted by Gasteiger charge is -2.21. The van der Waals surface area contributed by atoms with Crippen molar-refractivity contribution in [2.24, 2.45) is 0 Å². The van der Waals surface area contributed by atoms with E-state index in [1.54, 1.807) is 52.0 Å². The molecule has 1 atom stereocenters. The third kappa shape index (κ3) is 6.16. The Balaban J connectivity index is 2.67. The van der Waals surface area contributed by atoms with Gasteiger partial charge in [-0.25, -0.2) is 13.2 Å². The monoisotopic (exact) mass is 313 g/mol. The average Bonchev–Trinajstić information content (AvgIpc) is 2.25. The second kappa shape index (κ2) is 6.47. The van der Waals surface area contributed by atoms with Gasteiger partial charge in [0, 0.05) is 6.04 Å². The Morgan fingerprint density at radius 3 is 2.24 bits per heavy atom. The third-order valence-corrected chi connectivity index (χ3v) is 4.54. The lowest BCUT2D eigenvalue weighted by Crippen LogP contribution is -2.40. The van der Waals surface area contributed by atoms with Crippen LogP contribution in [0.1, 0.15) is 33.3 Å². The van der Waals surface area contributed by atoms with Crippen LogP contribution in [-0.2, 0) is 14.6 Å². The summed E-state index contributed by atoms with van der Waals surface area (Å²) in [6, 6.07) is 6.11. The molecule has 0 saturated heterocycles. The number of carbonyl (C=O) groups excluding carboxylic acids is 1. The minimum atomic E-state index is -3.44. The van der Waals surface area contributed by atoms with Gasteiger partial charge in [-0.05, 0) is 46.8 Å². The minimum absolute atomic E-state index is 0.171. The molecule has 0 fully saturated rings. The molecular formula is C15H23NO4S. The second-order valence-electron chi connectivity index (χ2n) is 6.14. The van der Waals surface area contributed by atoms with Gasteiger partial charge in [-0.1, -0.05) is 17.7 Å². The molecule has 1 aromatic rings. The van der Waals surface area contributed by atoms with E-state index in [1.165, 1.54) is 0 Å². The summed E-state index contributed by atoms with van der Waals surface area (Å²) in [5.41, 5.74) is 0.383. The molecule has 0 bridgehead atoms. The van der Waals surface area contributed by atoms with E-state index in [1.807, 2.05) is 6.92 Å². The lowest BCUT2D eigenvalue weighted by molar-refractivity contribution is 0.0513. The highest BCUT2D eigenvalue weighted by molar-refractivity contribution is 7.91. The number of amides is 1. The Bertz CT molecular complexity index is 585. The molecule has 0 aliphatic carbocycles. The van der Waals surface area contributed by atoms with Gasteiger partial charge in [-0.15, -0.1) is 0 Å². The molecule has 118 valence electrons. The fourth-order valence-corrected chi connectivity index (χ4v) is 3.21. The first-order valence-corrected chi connectivity index (χ1v) is 8.44. The first-order chi connectivity index (χ1) is 9.49. The number of rotatable bonds is 4. The maximum atomic E-state index is 12.2. The Kier molecular flexibility index (Phi) is 5.39. The maximum Gasteiger partial charge on any atom is 0.407 e. The molecule has 6 heteroatoms. The van der Waals surface area contributed by atoms with Gasteiger partial charge in [0.2, 0.25) is 0 Å². The first kappa shape index (κ1) is 17.5. The van der Waals surface area contributed by atoms with Crippen molar-refractivity contribution in [2.75, 3.05) is 5.75 Å². The van der Waals surface area contributed by atoms with Crippen LogP contribution in [0.15, 0.2) is 29.2 Å². The van der Waals surface area contributed by atoms with E-state index < -0.39 is 27.6 Å². The minimum Gasteiger partial charge on any atom is -0.444 e. The molecule has 0 aromatic heterocycles. The molecule has 0 heterocycles. The number of hydrogen-bond donors (Lipinski definition) is 1. The molecule has 0 radical (unpaired) electrons. The third-order valence-electron chi connectivity index (χ3n) is 2.61. The van der Waals surface area contributed by atoms with Crippen molar-refractivity contribution in [2.45, 2.75) is 51.2 Å². The zero-order valence-corrected chi connectivity index (χ0v) is 14.0. The van der Waals surface area contributed by atoms with Crippen molar-refractivity contribution in [3.8, 4) is 0 Å². The van der Waals surface area contributed by atoms with Gasteiger partial charge in [0.1, 0.15) is 5.60 Å². The summed E-state index contributed by atoms with van der Waals surface area (Å²) in [5.74, 6) is -0.171. The van der Waals surface area contributed by atoms with E-state index in [0.717, 1.165) is 5.56 Å². The van der Waals surface area contributed by atoms with Crippen LogP contribution in [0.2, 0.25) is 0 Å². The van der Waals surface area contributed by atoms with Gasteiger partial charge in [0.15, 0.2) is 9.84 Å². The average molecular weight is 313 g/mol. The summed E-state index contributed by atoms with van der Waals surface area (Å²) in [7, 11) is -3.44. The fraction of sp³-hybridized carbons (Fsp3) is 0.533. The van der Waals surface area contributed by atoms with Crippen LogP contribution in [0, 0.1) is 6.92 Å². The predicted octanol–water partition coefficient (Wildman–Crippen LogP) is 2.68. The number of alkyl carbamates (subject to hydrolysis) is 1. The van der Waals surface area contributed by atoms with Crippen molar-refractivity contribution in [3.05, 3.63) is 29.8 Å². The summed E-state index contributed by atoms with van der Waals surface area (Å²) in [6.07, 6.45) is -0.617. The van der Waals surface area contributed by atoms with Crippen LogP contribution in [0.3, 0.4) is 0 Å². The van der Waals surface area contributed by atoms with Crippen molar-refractivity contribution in [1.82, 2.24) is 5.32 Å². The lowest BCUT2D eigenvalue weighted by atomic mass is 10.2. The zero-order valence-electron chi connectivity index (χ0n) is 13.1. The summed E-state index contributed by atoms with van der Waals surface area (Å²) >= 11 is 0. The molecule has 1 aromatic carbocycles. The summed E-state index contributed by atoms with van der Waals surface area (Å²) < 4.78 is 29.6. The van der Waals surface area contributed by atoms with Gasteiger partial charge in [0.05, 0.1) is 10.6 Å². The highest BCUT2D eigenvalue weighted by atomic mass is 32.2. The summed E-state index contributed by atoms with van der Waals surface area (Å²) in [6.45, 7) is 8.78. The first-order valence-electron chi connectivity index (χ1n) is 6.78. The van der Waals surface area contributed by atoms with E-state index in [0.29, 0.717) is 0 Å². The van der Waals surface area contributed by atoms with Gasteiger partial charge < -0.3 is 10.1 Å². The topological polar surface area (TPSA) is 72.5 Å². The number of carbonyl (C=O) groups is 1. The van der Waals surface area contributed by atoms with Crippen LogP contribution in [0.5, 0.6) is 0 Å². The van der Waals surface area contributed by atoms with Crippen LogP contribution >= 0.6 is 0 Å². The van der Waals surface area contributed by atoms with Gasteiger partial charge in [-0.3, -0.25) is 0 Å². The Labute approximate surface area is 126 Å². The van der Waals surface area contributed by atoms with E-state index in [2.05, 4.69) is 5.32 Å². The molecule has 5 nitrogen and oxygen atoms in total. The maximum absolute atomic E-state index is 12.2.